The average molecular weight is 136 g/mol. The van der Waals surface area contributed by atoms with E-state index in [-0.39, 0.29) is 0 Å². The minimum absolute atomic E-state index is 0.425. The molecule has 0 aromatic rings. The van der Waals surface area contributed by atoms with Crippen LogP contribution >= 0.6 is 0 Å². The quantitative estimate of drug-likeness (QED) is 0.496. The molecule has 0 aliphatic heterocycles. The Bertz CT molecular complexity index is 114. The van der Waals surface area contributed by atoms with Gasteiger partial charge in [0.1, 0.15) is 11.0 Å². The third-order valence-corrected chi connectivity index (χ3v) is 0.936. The van der Waals surface area contributed by atoms with E-state index in [0.717, 1.165) is 0 Å². The molecule has 0 aliphatic carbocycles. The third kappa shape index (κ3) is 3.60. The summed E-state index contributed by atoms with van der Waals surface area (Å²) in [5.74, 6) is 0. The molecule has 0 aliphatic rings. The number of hydrogen-bond donors (Lipinski definition) is 2. The fraction of sp³-hybridized carbons (Fsp3) is 0.667. The largest absolute Gasteiger partial charge is 0.340 e. The maximum absolute atomic E-state index is 10.2. The van der Waals surface area contributed by atoms with Gasteiger partial charge in [-0.1, -0.05) is 0 Å². The summed E-state index contributed by atoms with van der Waals surface area (Å²) in [6, 6.07) is -0.425. The van der Waals surface area contributed by atoms with E-state index in [2.05, 4.69) is 10.0 Å². The molecule has 2 N–H and O–H groups in total. The smallest absolute Gasteiger partial charge is 0.326 e. The lowest BCUT2D eigenvalue weighted by molar-refractivity contribution is 0.248. The Morgan fingerprint density at radius 3 is 2.25 bits per heavy atom. The molecule has 4 nitrogen and oxygen atoms in total. The summed E-state index contributed by atoms with van der Waals surface area (Å²) < 4.78 is 12.3. The van der Waals surface area contributed by atoms with Crippen molar-refractivity contribution in [1.29, 1.82) is 0 Å². The summed E-state index contributed by atoms with van der Waals surface area (Å²) in [7, 11) is 0.203. The molecule has 48 valence electrons. The SMILES string of the molecule is CNC(=O)NS(C)=O. The second kappa shape index (κ2) is 3.43. The van der Waals surface area contributed by atoms with Gasteiger partial charge < -0.3 is 5.32 Å². The van der Waals surface area contributed by atoms with Gasteiger partial charge in [0.15, 0.2) is 0 Å². The van der Waals surface area contributed by atoms with Crippen molar-refractivity contribution in [2.45, 2.75) is 0 Å². The lowest BCUT2D eigenvalue weighted by atomic mass is 11.0. The predicted octanol–water partition coefficient (Wildman–Crippen LogP) is -0.791. The summed E-state index contributed by atoms with van der Waals surface area (Å²) in [4.78, 5) is 10.2. The molecule has 0 heterocycles. The lowest BCUT2D eigenvalue weighted by Gasteiger charge is -1.96. The Morgan fingerprint density at radius 2 is 2.12 bits per heavy atom. The van der Waals surface area contributed by atoms with Crippen LogP contribution in [0.3, 0.4) is 0 Å². The highest BCUT2D eigenvalue weighted by atomic mass is 32.2. The van der Waals surface area contributed by atoms with Crippen molar-refractivity contribution in [1.82, 2.24) is 10.0 Å². The number of carbonyl (C=O) groups is 1. The van der Waals surface area contributed by atoms with E-state index in [1.54, 1.807) is 0 Å². The van der Waals surface area contributed by atoms with Crippen molar-refractivity contribution in [3.05, 3.63) is 0 Å². The molecule has 0 aromatic heterocycles. The highest BCUT2D eigenvalue weighted by molar-refractivity contribution is 7.82. The summed E-state index contributed by atoms with van der Waals surface area (Å²) in [6.45, 7) is 0. The van der Waals surface area contributed by atoms with Crippen molar-refractivity contribution in [2.75, 3.05) is 13.3 Å². The fourth-order valence-electron chi connectivity index (χ4n) is 0.182. The molecule has 0 saturated heterocycles. The topological polar surface area (TPSA) is 58.2 Å². The van der Waals surface area contributed by atoms with Gasteiger partial charge in [-0.2, -0.15) is 0 Å². The maximum atomic E-state index is 10.2. The van der Waals surface area contributed by atoms with Gasteiger partial charge in [-0.25, -0.2) is 9.00 Å². The molecule has 0 aromatic carbocycles. The fourth-order valence-corrected chi connectivity index (χ4v) is 0.545. The first-order chi connectivity index (χ1) is 3.66. The predicted molar refractivity (Wildman–Crippen MR) is 31.7 cm³/mol. The Balaban J connectivity index is 3.40. The first-order valence-electron chi connectivity index (χ1n) is 1.98. The van der Waals surface area contributed by atoms with Crippen LogP contribution in [0.1, 0.15) is 0 Å². The lowest BCUT2D eigenvalue weighted by Crippen LogP contribution is -2.33. The van der Waals surface area contributed by atoms with Crippen LogP contribution in [0.25, 0.3) is 0 Å². The summed E-state index contributed by atoms with van der Waals surface area (Å²) in [6.07, 6.45) is 1.38. The molecule has 0 saturated carbocycles. The first kappa shape index (κ1) is 7.42. The monoisotopic (exact) mass is 136 g/mol. The molecule has 5 heteroatoms. The van der Waals surface area contributed by atoms with Crippen LogP contribution in [0.2, 0.25) is 0 Å². The molecule has 0 fully saturated rings. The number of rotatable bonds is 1. The summed E-state index contributed by atoms with van der Waals surface area (Å²) >= 11 is 0. The van der Waals surface area contributed by atoms with Gasteiger partial charge in [0.25, 0.3) is 0 Å². The van der Waals surface area contributed by atoms with Gasteiger partial charge >= 0.3 is 6.03 Å². The zero-order valence-corrected chi connectivity index (χ0v) is 5.54. The van der Waals surface area contributed by atoms with Crippen molar-refractivity contribution >= 4 is 17.0 Å². The van der Waals surface area contributed by atoms with E-state index in [1.165, 1.54) is 13.3 Å². The van der Waals surface area contributed by atoms with Gasteiger partial charge in [-0.15, -0.1) is 0 Å². The van der Waals surface area contributed by atoms with Crippen molar-refractivity contribution in [2.24, 2.45) is 0 Å². The van der Waals surface area contributed by atoms with Crippen molar-refractivity contribution in [3.63, 3.8) is 0 Å². The first-order valence-corrected chi connectivity index (χ1v) is 3.54. The molecule has 8 heavy (non-hydrogen) atoms. The van der Waals surface area contributed by atoms with Crippen LogP contribution < -0.4 is 10.0 Å². The highest BCUT2D eigenvalue weighted by Gasteiger charge is 1.93. The molecular weight excluding hydrogens is 128 g/mol. The van der Waals surface area contributed by atoms with Crippen molar-refractivity contribution in [3.8, 4) is 0 Å². The molecule has 1 unspecified atom stereocenters. The Kier molecular flexibility index (Phi) is 3.18. The third-order valence-electron chi connectivity index (χ3n) is 0.463. The van der Waals surface area contributed by atoms with Crippen LogP contribution in [-0.4, -0.2) is 23.5 Å². The van der Waals surface area contributed by atoms with Gasteiger partial charge in [0.05, 0.1) is 0 Å². The zero-order chi connectivity index (χ0) is 6.57. The van der Waals surface area contributed by atoms with Crippen LogP contribution in [0.5, 0.6) is 0 Å². The Hall–Kier alpha value is -0.580. The minimum Gasteiger partial charge on any atom is -0.340 e. The number of hydrogen-bond acceptors (Lipinski definition) is 2. The molecule has 1 atom stereocenters. The molecule has 2 amide bonds. The van der Waals surface area contributed by atoms with Gasteiger partial charge in [-0.05, 0) is 0 Å². The zero-order valence-electron chi connectivity index (χ0n) is 4.72. The average Bonchev–Trinajstić information content (AvgIpc) is 1.65. The van der Waals surface area contributed by atoms with Crippen LogP contribution in [0.15, 0.2) is 0 Å². The standard InChI is InChI=1S/C3H8N2O2S/c1-4-3(6)5-8(2)7/h1-2H3,(H2,4,5,6). The van der Waals surface area contributed by atoms with E-state index >= 15 is 0 Å². The second-order valence-electron chi connectivity index (χ2n) is 1.14. The molecular formula is C3H8N2O2S. The Morgan fingerprint density at radius 1 is 1.62 bits per heavy atom. The number of nitrogens with one attached hydrogen (secondary N) is 2. The summed E-state index contributed by atoms with van der Waals surface area (Å²) in [5, 5.41) is 2.25. The normalized spacial score (nSPS) is 12.2. The van der Waals surface area contributed by atoms with Crippen molar-refractivity contribution < 1.29 is 9.00 Å². The Labute approximate surface area is 50.2 Å². The molecule has 0 radical (unpaired) electrons. The van der Waals surface area contributed by atoms with Gasteiger partial charge in [-0.3, -0.25) is 4.72 Å². The van der Waals surface area contributed by atoms with Gasteiger partial charge in [0.2, 0.25) is 0 Å². The molecule has 0 spiro atoms. The minimum atomic E-state index is -1.26. The van der Waals surface area contributed by atoms with E-state index in [9.17, 15) is 9.00 Å². The number of carbonyl (C=O) groups excluding carboxylic acids is 1. The molecule has 0 rings (SSSR count). The molecule has 0 bridgehead atoms. The van der Waals surface area contributed by atoms with Crippen LogP contribution in [0.4, 0.5) is 4.79 Å². The number of amides is 2. The van der Waals surface area contributed by atoms with E-state index in [4.69, 9.17) is 0 Å². The van der Waals surface area contributed by atoms with Gasteiger partial charge in [0, 0.05) is 13.3 Å². The summed E-state index contributed by atoms with van der Waals surface area (Å²) in [5.41, 5.74) is 0. The van der Waals surface area contributed by atoms with E-state index in [0.29, 0.717) is 0 Å². The van der Waals surface area contributed by atoms with E-state index < -0.39 is 17.0 Å². The second-order valence-corrected chi connectivity index (χ2v) is 2.25. The highest BCUT2D eigenvalue weighted by Crippen LogP contribution is 1.63. The van der Waals surface area contributed by atoms with Crippen LogP contribution in [0, 0.1) is 0 Å². The number of urea groups is 1. The van der Waals surface area contributed by atoms with Crippen LogP contribution in [-0.2, 0) is 11.0 Å². The maximum Gasteiger partial charge on any atom is 0.326 e. The van der Waals surface area contributed by atoms with E-state index in [1.807, 2.05) is 0 Å².